The Balaban J connectivity index is 2.04. The third-order valence-corrected chi connectivity index (χ3v) is 4.10. The molecule has 2 aromatic carbocycles. The Labute approximate surface area is 155 Å². The largest absolute Gasteiger partial charge is 0.481 e. The minimum absolute atomic E-state index is 0.0461. The van der Waals surface area contributed by atoms with Gasteiger partial charge in [0.25, 0.3) is 11.8 Å². The fourth-order valence-electron chi connectivity index (χ4n) is 2.61. The number of nitrogens with one attached hydrogen (secondary N) is 1. The number of amides is 2. The summed E-state index contributed by atoms with van der Waals surface area (Å²) in [7, 11) is 0. The SMILES string of the molecule is CCN(CC)C(=O)c1cccc(NC(=O)C(C)Oc2cccc(C)c2)c1. The molecule has 1 N–H and O–H groups in total. The maximum atomic E-state index is 12.4. The zero-order valence-corrected chi connectivity index (χ0v) is 15.8. The first-order chi connectivity index (χ1) is 12.4. The van der Waals surface area contributed by atoms with Gasteiger partial charge in [0.1, 0.15) is 5.75 Å². The normalized spacial score (nSPS) is 11.5. The Kier molecular flexibility index (Phi) is 6.78. The van der Waals surface area contributed by atoms with Crippen molar-refractivity contribution in [3.8, 4) is 5.75 Å². The average molecular weight is 354 g/mol. The van der Waals surface area contributed by atoms with Crippen LogP contribution in [0.3, 0.4) is 0 Å². The molecule has 138 valence electrons. The van der Waals surface area contributed by atoms with Gasteiger partial charge in [0, 0.05) is 24.3 Å². The van der Waals surface area contributed by atoms with Crippen molar-refractivity contribution in [2.45, 2.75) is 33.8 Å². The average Bonchev–Trinajstić information content (AvgIpc) is 2.62. The van der Waals surface area contributed by atoms with Gasteiger partial charge in [-0.1, -0.05) is 18.2 Å². The first kappa shape index (κ1) is 19.5. The van der Waals surface area contributed by atoms with E-state index < -0.39 is 6.10 Å². The number of ether oxygens (including phenoxy) is 1. The van der Waals surface area contributed by atoms with E-state index >= 15 is 0 Å². The lowest BCUT2D eigenvalue weighted by Crippen LogP contribution is -2.31. The fraction of sp³-hybridized carbons (Fsp3) is 0.333. The predicted molar refractivity (Wildman–Crippen MR) is 104 cm³/mol. The van der Waals surface area contributed by atoms with E-state index in [-0.39, 0.29) is 11.8 Å². The molecular formula is C21H26N2O3. The molecule has 1 unspecified atom stereocenters. The molecule has 2 amide bonds. The molecule has 0 heterocycles. The number of anilines is 1. The zero-order valence-electron chi connectivity index (χ0n) is 15.8. The number of nitrogens with zero attached hydrogens (tertiary/aromatic N) is 1. The highest BCUT2D eigenvalue weighted by Gasteiger charge is 2.17. The van der Waals surface area contributed by atoms with Crippen LogP contribution in [-0.4, -0.2) is 35.9 Å². The maximum absolute atomic E-state index is 12.4. The van der Waals surface area contributed by atoms with Crippen LogP contribution in [0.15, 0.2) is 48.5 Å². The Morgan fingerprint density at radius 2 is 1.77 bits per heavy atom. The van der Waals surface area contributed by atoms with E-state index in [0.29, 0.717) is 30.1 Å². The molecule has 1 atom stereocenters. The molecule has 0 bridgehead atoms. The van der Waals surface area contributed by atoms with Crippen molar-refractivity contribution in [2.24, 2.45) is 0 Å². The summed E-state index contributed by atoms with van der Waals surface area (Å²) in [6.45, 7) is 8.84. The van der Waals surface area contributed by atoms with Crippen molar-refractivity contribution in [3.63, 3.8) is 0 Å². The van der Waals surface area contributed by atoms with Gasteiger partial charge in [-0.15, -0.1) is 0 Å². The molecular weight excluding hydrogens is 328 g/mol. The van der Waals surface area contributed by atoms with Crippen LogP contribution in [-0.2, 0) is 4.79 Å². The third kappa shape index (κ3) is 5.09. The second kappa shape index (κ2) is 9.04. The van der Waals surface area contributed by atoms with Gasteiger partial charge in [0.05, 0.1) is 0 Å². The van der Waals surface area contributed by atoms with E-state index in [0.717, 1.165) is 5.56 Å². The summed E-state index contributed by atoms with van der Waals surface area (Å²) in [5.41, 5.74) is 2.20. The first-order valence-corrected chi connectivity index (χ1v) is 8.88. The summed E-state index contributed by atoms with van der Waals surface area (Å²) in [6.07, 6.45) is -0.654. The monoisotopic (exact) mass is 354 g/mol. The summed E-state index contributed by atoms with van der Waals surface area (Å²) < 4.78 is 5.69. The predicted octanol–water partition coefficient (Wildman–Crippen LogP) is 3.88. The fourth-order valence-corrected chi connectivity index (χ4v) is 2.61. The van der Waals surface area contributed by atoms with E-state index in [1.165, 1.54) is 0 Å². The molecule has 0 aliphatic carbocycles. The molecule has 0 spiro atoms. The third-order valence-electron chi connectivity index (χ3n) is 4.10. The number of hydrogen-bond acceptors (Lipinski definition) is 3. The van der Waals surface area contributed by atoms with Gasteiger partial charge < -0.3 is 15.0 Å². The lowest BCUT2D eigenvalue weighted by molar-refractivity contribution is -0.122. The molecule has 0 saturated heterocycles. The molecule has 5 nitrogen and oxygen atoms in total. The van der Waals surface area contributed by atoms with E-state index in [4.69, 9.17) is 4.74 Å². The highest BCUT2D eigenvalue weighted by Crippen LogP contribution is 2.16. The summed E-state index contributed by atoms with van der Waals surface area (Å²) in [4.78, 5) is 26.6. The Bertz CT molecular complexity index is 769. The number of carbonyl (C=O) groups excluding carboxylic acids is 2. The van der Waals surface area contributed by atoms with Crippen LogP contribution < -0.4 is 10.1 Å². The summed E-state index contributed by atoms with van der Waals surface area (Å²) in [5, 5.41) is 2.81. The molecule has 26 heavy (non-hydrogen) atoms. The van der Waals surface area contributed by atoms with E-state index in [1.807, 2.05) is 45.0 Å². The highest BCUT2D eigenvalue weighted by molar-refractivity contribution is 5.98. The molecule has 0 radical (unpaired) electrons. The van der Waals surface area contributed by atoms with Gasteiger partial charge in [-0.05, 0) is 63.6 Å². The van der Waals surface area contributed by atoms with Crippen LogP contribution in [0.1, 0.15) is 36.7 Å². The number of hydrogen-bond donors (Lipinski definition) is 1. The zero-order chi connectivity index (χ0) is 19.1. The van der Waals surface area contributed by atoms with Crippen molar-refractivity contribution >= 4 is 17.5 Å². The standard InChI is InChI=1S/C21H26N2O3/c1-5-23(6-2)21(25)17-10-8-11-18(14-17)22-20(24)16(4)26-19-12-7-9-15(3)13-19/h7-14,16H,5-6H2,1-4H3,(H,22,24). The first-order valence-electron chi connectivity index (χ1n) is 8.88. The molecule has 2 aromatic rings. The topological polar surface area (TPSA) is 58.6 Å². The maximum Gasteiger partial charge on any atom is 0.265 e. The number of rotatable bonds is 7. The van der Waals surface area contributed by atoms with E-state index in [1.54, 1.807) is 36.1 Å². The lowest BCUT2D eigenvalue weighted by Gasteiger charge is -2.19. The lowest BCUT2D eigenvalue weighted by atomic mass is 10.1. The number of aryl methyl sites for hydroxylation is 1. The van der Waals surface area contributed by atoms with Gasteiger partial charge in [-0.2, -0.15) is 0 Å². The second-order valence-electron chi connectivity index (χ2n) is 6.12. The van der Waals surface area contributed by atoms with Gasteiger partial charge in [0.15, 0.2) is 6.10 Å². The second-order valence-corrected chi connectivity index (χ2v) is 6.12. The number of benzene rings is 2. The smallest absolute Gasteiger partial charge is 0.265 e. The summed E-state index contributed by atoms with van der Waals surface area (Å²) in [6, 6.07) is 14.5. The molecule has 0 aliphatic heterocycles. The summed E-state index contributed by atoms with van der Waals surface area (Å²) >= 11 is 0. The number of carbonyl (C=O) groups is 2. The van der Waals surface area contributed by atoms with Crippen LogP contribution in [0.25, 0.3) is 0 Å². The van der Waals surface area contributed by atoms with E-state index in [9.17, 15) is 9.59 Å². The Hall–Kier alpha value is -2.82. The van der Waals surface area contributed by atoms with Gasteiger partial charge >= 0.3 is 0 Å². The highest BCUT2D eigenvalue weighted by atomic mass is 16.5. The Morgan fingerprint density at radius 3 is 2.42 bits per heavy atom. The van der Waals surface area contributed by atoms with Crippen molar-refractivity contribution < 1.29 is 14.3 Å². The molecule has 0 saturated carbocycles. The minimum atomic E-state index is -0.654. The van der Waals surface area contributed by atoms with Gasteiger partial charge in [-0.25, -0.2) is 0 Å². The van der Waals surface area contributed by atoms with Crippen molar-refractivity contribution in [1.82, 2.24) is 4.90 Å². The van der Waals surface area contributed by atoms with Gasteiger partial charge in [-0.3, -0.25) is 9.59 Å². The van der Waals surface area contributed by atoms with Crippen LogP contribution in [0.5, 0.6) is 5.75 Å². The van der Waals surface area contributed by atoms with Crippen LogP contribution in [0.2, 0.25) is 0 Å². The van der Waals surface area contributed by atoms with Crippen molar-refractivity contribution in [1.29, 1.82) is 0 Å². The Morgan fingerprint density at radius 1 is 1.08 bits per heavy atom. The molecule has 2 rings (SSSR count). The summed E-state index contributed by atoms with van der Waals surface area (Å²) in [5.74, 6) is 0.340. The molecule has 5 heteroatoms. The van der Waals surface area contributed by atoms with E-state index in [2.05, 4.69) is 5.32 Å². The quantitative estimate of drug-likeness (QED) is 0.821. The molecule has 0 aliphatic rings. The van der Waals surface area contributed by atoms with Crippen molar-refractivity contribution in [2.75, 3.05) is 18.4 Å². The van der Waals surface area contributed by atoms with Crippen LogP contribution in [0.4, 0.5) is 5.69 Å². The molecule has 0 aromatic heterocycles. The van der Waals surface area contributed by atoms with Gasteiger partial charge in [0.2, 0.25) is 0 Å². The van der Waals surface area contributed by atoms with Crippen LogP contribution >= 0.6 is 0 Å². The van der Waals surface area contributed by atoms with Crippen molar-refractivity contribution in [3.05, 3.63) is 59.7 Å². The minimum Gasteiger partial charge on any atom is -0.481 e. The van der Waals surface area contributed by atoms with Crippen LogP contribution in [0, 0.1) is 6.92 Å². The molecule has 0 fully saturated rings.